The average molecular weight is 355 g/mol. The van der Waals surface area contributed by atoms with Crippen molar-refractivity contribution in [2.75, 3.05) is 39.4 Å². The molecule has 1 aromatic rings. The van der Waals surface area contributed by atoms with Gasteiger partial charge in [0, 0.05) is 37.8 Å². The maximum atomic E-state index is 12.5. The number of phenolic OH excluding ortho intramolecular Hbond substituents is 1. The van der Waals surface area contributed by atoms with E-state index in [4.69, 9.17) is 4.74 Å². The second kappa shape index (κ2) is 6.34. The summed E-state index contributed by atoms with van der Waals surface area (Å²) in [6.07, 6.45) is 1.01. The minimum Gasteiger partial charge on any atom is -0.507 e. The standard InChI is InChI=1S/C15H19BrN2O3/c16-13-2-1-11(9-14(13)19)15(20)18-4-3-12(10-18)17-5-7-21-8-6-17/h1-2,9,12,19H,3-8,10H2. The topological polar surface area (TPSA) is 53.0 Å². The molecule has 2 fully saturated rings. The second-order valence-electron chi connectivity index (χ2n) is 5.51. The van der Waals surface area contributed by atoms with Gasteiger partial charge in [-0.2, -0.15) is 0 Å². The van der Waals surface area contributed by atoms with E-state index >= 15 is 0 Å². The third-order valence-corrected chi connectivity index (χ3v) is 4.88. The maximum absolute atomic E-state index is 12.5. The van der Waals surface area contributed by atoms with E-state index < -0.39 is 0 Å². The lowest BCUT2D eigenvalue weighted by Gasteiger charge is -2.32. The van der Waals surface area contributed by atoms with Crippen LogP contribution in [-0.4, -0.2) is 66.2 Å². The van der Waals surface area contributed by atoms with Crippen molar-refractivity contribution in [3.8, 4) is 5.75 Å². The highest BCUT2D eigenvalue weighted by molar-refractivity contribution is 9.10. The molecular formula is C15H19BrN2O3. The van der Waals surface area contributed by atoms with Crippen molar-refractivity contribution < 1.29 is 14.6 Å². The van der Waals surface area contributed by atoms with E-state index in [9.17, 15) is 9.90 Å². The number of carbonyl (C=O) groups excluding carboxylic acids is 1. The third kappa shape index (κ3) is 3.22. The van der Waals surface area contributed by atoms with Crippen LogP contribution >= 0.6 is 15.9 Å². The lowest BCUT2D eigenvalue weighted by Crippen LogP contribution is -2.45. The molecule has 3 rings (SSSR count). The summed E-state index contributed by atoms with van der Waals surface area (Å²) in [4.78, 5) is 16.8. The molecule has 6 heteroatoms. The van der Waals surface area contributed by atoms with Crippen molar-refractivity contribution in [3.05, 3.63) is 28.2 Å². The molecule has 1 atom stereocenters. The highest BCUT2D eigenvalue weighted by Gasteiger charge is 2.31. The van der Waals surface area contributed by atoms with E-state index in [-0.39, 0.29) is 11.7 Å². The van der Waals surface area contributed by atoms with Gasteiger partial charge in [-0.15, -0.1) is 0 Å². The molecule has 2 heterocycles. The van der Waals surface area contributed by atoms with Gasteiger partial charge in [0.1, 0.15) is 5.75 Å². The van der Waals surface area contributed by atoms with Crippen LogP contribution in [0.4, 0.5) is 0 Å². The fourth-order valence-electron chi connectivity index (χ4n) is 3.00. The van der Waals surface area contributed by atoms with Crippen LogP contribution in [0.1, 0.15) is 16.8 Å². The number of hydrogen-bond acceptors (Lipinski definition) is 4. The molecule has 0 aromatic heterocycles. The van der Waals surface area contributed by atoms with Crippen molar-refractivity contribution >= 4 is 21.8 Å². The summed E-state index contributed by atoms with van der Waals surface area (Å²) < 4.78 is 5.98. The molecule has 21 heavy (non-hydrogen) atoms. The van der Waals surface area contributed by atoms with Crippen LogP contribution in [-0.2, 0) is 4.74 Å². The van der Waals surface area contributed by atoms with E-state index in [0.29, 0.717) is 16.1 Å². The molecule has 0 aliphatic carbocycles. The zero-order valence-electron chi connectivity index (χ0n) is 11.8. The Morgan fingerprint density at radius 1 is 1.29 bits per heavy atom. The molecule has 0 spiro atoms. The van der Waals surface area contributed by atoms with Crippen LogP contribution in [0.25, 0.3) is 0 Å². The van der Waals surface area contributed by atoms with Crippen molar-refractivity contribution in [2.24, 2.45) is 0 Å². The van der Waals surface area contributed by atoms with Gasteiger partial charge in [-0.05, 0) is 40.5 Å². The molecule has 1 amide bonds. The smallest absolute Gasteiger partial charge is 0.254 e. The molecule has 5 nitrogen and oxygen atoms in total. The van der Waals surface area contributed by atoms with Crippen molar-refractivity contribution in [1.82, 2.24) is 9.80 Å². The van der Waals surface area contributed by atoms with Gasteiger partial charge in [0.25, 0.3) is 5.91 Å². The van der Waals surface area contributed by atoms with Gasteiger partial charge < -0.3 is 14.7 Å². The number of carbonyl (C=O) groups is 1. The first-order valence-electron chi connectivity index (χ1n) is 7.25. The maximum Gasteiger partial charge on any atom is 0.254 e. The first kappa shape index (κ1) is 14.8. The first-order valence-corrected chi connectivity index (χ1v) is 8.04. The summed E-state index contributed by atoms with van der Waals surface area (Å²) in [5.74, 6) is 0.0957. The summed E-state index contributed by atoms with van der Waals surface area (Å²) in [5.41, 5.74) is 0.540. The van der Waals surface area contributed by atoms with E-state index in [1.165, 1.54) is 6.07 Å². The predicted octanol–water partition coefficient (Wildman–Crippen LogP) is 1.70. The molecule has 0 bridgehead atoms. The monoisotopic (exact) mass is 354 g/mol. The summed E-state index contributed by atoms with van der Waals surface area (Å²) in [5, 5.41) is 9.71. The minimum atomic E-state index is -0.00596. The number of ether oxygens (including phenoxy) is 1. The number of phenols is 1. The van der Waals surface area contributed by atoms with Crippen LogP contribution in [0.15, 0.2) is 22.7 Å². The Labute approximate surface area is 132 Å². The number of aromatic hydroxyl groups is 1. The molecule has 114 valence electrons. The number of morpholine rings is 1. The number of amides is 1. The van der Waals surface area contributed by atoms with Crippen LogP contribution < -0.4 is 0 Å². The Morgan fingerprint density at radius 3 is 2.76 bits per heavy atom. The summed E-state index contributed by atoms with van der Waals surface area (Å²) in [6.45, 7) is 5.00. The van der Waals surface area contributed by atoms with Gasteiger partial charge in [-0.3, -0.25) is 9.69 Å². The van der Waals surface area contributed by atoms with Crippen LogP contribution in [0.2, 0.25) is 0 Å². The molecule has 0 saturated carbocycles. The lowest BCUT2D eigenvalue weighted by molar-refractivity contribution is 0.0185. The van der Waals surface area contributed by atoms with E-state index in [1.807, 2.05) is 4.90 Å². The van der Waals surface area contributed by atoms with Gasteiger partial charge in [0.2, 0.25) is 0 Å². The summed E-state index contributed by atoms with van der Waals surface area (Å²) >= 11 is 3.23. The van der Waals surface area contributed by atoms with Crippen LogP contribution in [0.5, 0.6) is 5.75 Å². The lowest BCUT2D eigenvalue weighted by atomic mass is 10.2. The zero-order chi connectivity index (χ0) is 14.8. The fraction of sp³-hybridized carbons (Fsp3) is 0.533. The Bertz CT molecular complexity index is 532. The van der Waals surface area contributed by atoms with Crippen LogP contribution in [0.3, 0.4) is 0 Å². The fourth-order valence-corrected chi connectivity index (χ4v) is 3.24. The third-order valence-electron chi connectivity index (χ3n) is 4.21. The Morgan fingerprint density at radius 2 is 2.05 bits per heavy atom. The molecule has 1 unspecified atom stereocenters. The van der Waals surface area contributed by atoms with Gasteiger partial charge in [0.15, 0.2) is 0 Å². The minimum absolute atomic E-state index is 0.00596. The first-order chi connectivity index (χ1) is 10.1. The van der Waals surface area contributed by atoms with Gasteiger partial charge in [-0.25, -0.2) is 0 Å². The van der Waals surface area contributed by atoms with E-state index in [1.54, 1.807) is 12.1 Å². The Kier molecular flexibility index (Phi) is 4.47. The number of nitrogens with zero attached hydrogens (tertiary/aromatic N) is 2. The normalized spacial score (nSPS) is 23.5. The number of likely N-dealkylation sites (tertiary alicyclic amines) is 1. The molecule has 2 aliphatic heterocycles. The number of hydrogen-bond donors (Lipinski definition) is 1. The molecule has 2 saturated heterocycles. The molecule has 2 aliphatic rings. The highest BCUT2D eigenvalue weighted by Crippen LogP contribution is 2.26. The van der Waals surface area contributed by atoms with Crippen LogP contribution in [0, 0.1) is 0 Å². The summed E-state index contributed by atoms with van der Waals surface area (Å²) in [6, 6.07) is 5.41. The molecule has 1 aromatic carbocycles. The Balaban J connectivity index is 1.64. The van der Waals surface area contributed by atoms with Crippen molar-refractivity contribution in [3.63, 3.8) is 0 Å². The average Bonchev–Trinajstić information content (AvgIpc) is 3.00. The highest BCUT2D eigenvalue weighted by atomic mass is 79.9. The molecule has 1 N–H and O–H groups in total. The number of halogens is 1. The van der Waals surface area contributed by atoms with E-state index in [0.717, 1.165) is 45.8 Å². The molecular weight excluding hydrogens is 336 g/mol. The largest absolute Gasteiger partial charge is 0.507 e. The van der Waals surface area contributed by atoms with Gasteiger partial charge in [0.05, 0.1) is 17.7 Å². The number of benzene rings is 1. The van der Waals surface area contributed by atoms with E-state index in [2.05, 4.69) is 20.8 Å². The molecule has 0 radical (unpaired) electrons. The predicted molar refractivity (Wildman–Crippen MR) is 82.5 cm³/mol. The van der Waals surface area contributed by atoms with Crippen molar-refractivity contribution in [2.45, 2.75) is 12.5 Å². The Hall–Kier alpha value is -1.11. The van der Waals surface area contributed by atoms with Gasteiger partial charge >= 0.3 is 0 Å². The second-order valence-corrected chi connectivity index (χ2v) is 6.36. The van der Waals surface area contributed by atoms with Gasteiger partial charge in [-0.1, -0.05) is 0 Å². The quantitative estimate of drug-likeness (QED) is 0.878. The summed E-state index contributed by atoms with van der Waals surface area (Å²) in [7, 11) is 0. The zero-order valence-corrected chi connectivity index (χ0v) is 13.4. The van der Waals surface area contributed by atoms with Crippen molar-refractivity contribution in [1.29, 1.82) is 0 Å². The number of rotatable bonds is 2. The SMILES string of the molecule is O=C(c1ccc(Br)c(O)c1)N1CCC(N2CCOCC2)C1.